The van der Waals surface area contributed by atoms with E-state index in [0.29, 0.717) is 0 Å². The lowest BCUT2D eigenvalue weighted by Crippen LogP contribution is -2.16. The van der Waals surface area contributed by atoms with Gasteiger partial charge in [-0.15, -0.1) is 0 Å². The third-order valence-corrected chi connectivity index (χ3v) is 3.11. The van der Waals surface area contributed by atoms with Crippen LogP contribution in [-0.2, 0) is 14.1 Å². The maximum Gasteiger partial charge on any atom is 0.252 e. The summed E-state index contributed by atoms with van der Waals surface area (Å²) in [7, 11) is 3.63. The average molecular weight is 254 g/mol. The summed E-state index contributed by atoms with van der Waals surface area (Å²) in [5.74, 6) is 0. The smallest absolute Gasteiger partial charge is 0.252 e. The van der Waals surface area contributed by atoms with Gasteiger partial charge in [0, 0.05) is 56.1 Å². The molecule has 0 spiro atoms. The molecule has 0 radical (unpaired) electrons. The summed E-state index contributed by atoms with van der Waals surface area (Å²) in [5.41, 5.74) is 2.80. The number of nitrogens with zero attached hydrogens (tertiary/aromatic N) is 4. The van der Waals surface area contributed by atoms with Crippen molar-refractivity contribution in [3.05, 3.63) is 59.5 Å². The summed E-state index contributed by atoms with van der Waals surface area (Å²) in [5, 5.41) is 4.19. The topological polar surface area (TPSA) is 44.8 Å². The van der Waals surface area contributed by atoms with Crippen LogP contribution in [0.5, 0.6) is 0 Å². The minimum atomic E-state index is -0.0312. The van der Waals surface area contributed by atoms with Crippen molar-refractivity contribution < 1.29 is 0 Å². The third-order valence-electron chi connectivity index (χ3n) is 3.11. The van der Waals surface area contributed by atoms with Gasteiger partial charge in [0.2, 0.25) is 0 Å². The molecule has 5 heteroatoms. The zero-order valence-corrected chi connectivity index (χ0v) is 10.8. The molecule has 0 bridgehead atoms. The normalized spacial score (nSPS) is 10.8. The van der Waals surface area contributed by atoms with Gasteiger partial charge in [0.1, 0.15) is 0 Å². The lowest BCUT2D eigenvalue weighted by molar-refractivity contribution is 0.768. The Balaban J connectivity index is 2.28. The molecule has 0 atom stereocenters. The van der Waals surface area contributed by atoms with E-state index in [2.05, 4.69) is 5.10 Å². The Hall–Kier alpha value is -2.56. The second-order valence-corrected chi connectivity index (χ2v) is 4.51. The van der Waals surface area contributed by atoms with E-state index in [1.165, 1.54) is 0 Å². The van der Waals surface area contributed by atoms with E-state index in [0.717, 1.165) is 16.8 Å². The molecule has 0 aromatic carbocycles. The molecule has 0 saturated carbocycles. The van der Waals surface area contributed by atoms with Crippen molar-refractivity contribution in [2.75, 3.05) is 0 Å². The van der Waals surface area contributed by atoms with Crippen LogP contribution in [0.4, 0.5) is 0 Å². The Kier molecular flexibility index (Phi) is 2.59. The summed E-state index contributed by atoms with van der Waals surface area (Å²) in [6.07, 6.45) is 9.43. The molecular weight excluding hydrogens is 240 g/mol. The molecule has 0 N–H and O–H groups in total. The number of hydrogen-bond donors (Lipinski definition) is 0. The summed E-state index contributed by atoms with van der Waals surface area (Å²) in [6.45, 7) is 0. The minimum Gasteiger partial charge on any atom is -0.323 e. The molecular formula is C14H14N4O. The molecule has 5 nitrogen and oxygen atoms in total. The van der Waals surface area contributed by atoms with E-state index in [9.17, 15) is 4.79 Å². The standard InChI is InChI=1S/C14H14N4O/c1-16-10-12(11-8-15-17(2)9-11)13(7-14(16)19)18-5-3-4-6-18/h3-10H,1-2H3. The molecule has 0 saturated heterocycles. The fourth-order valence-electron chi connectivity index (χ4n) is 2.11. The Morgan fingerprint density at radius 1 is 1.11 bits per heavy atom. The first kappa shape index (κ1) is 11.5. The van der Waals surface area contributed by atoms with Crippen molar-refractivity contribution in [3.63, 3.8) is 0 Å². The van der Waals surface area contributed by atoms with Gasteiger partial charge in [-0.05, 0) is 12.1 Å². The number of aromatic nitrogens is 4. The van der Waals surface area contributed by atoms with Gasteiger partial charge in [-0.3, -0.25) is 9.48 Å². The van der Waals surface area contributed by atoms with Crippen LogP contribution >= 0.6 is 0 Å². The summed E-state index contributed by atoms with van der Waals surface area (Å²) >= 11 is 0. The Labute approximate surface area is 110 Å². The van der Waals surface area contributed by atoms with Crippen molar-refractivity contribution in [1.82, 2.24) is 18.9 Å². The van der Waals surface area contributed by atoms with Crippen molar-refractivity contribution in [2.45, 2.75) is 0 Å². The highest BCUT2D eigenvalue weighted by Gasteiger charge is 2.10. The van der Waals surface area contributed by atoms with Gasteiger partial charge in [-0.1, -0.05) is 0 Å². The fraction of sp³-hybridized carbons (Fsp3) is 0.143. The van der Waals surface area contributed by atoms with E-state index in [-0.39, 0.29) is 5.56 Å². The Morgan fingerprint density at radius 3 is 2.47 bits per heavy atom. The van der Waals surface area contributed by atoms with E-state index in [1.54, 1.807) is 28.6 Å². The highest BCUT2D eigenvalue weighted by atomic mass is 16.1. The largest absolute Gasteiger partial charge is 0.323 e. The summed E-state index contributed by atoms with van der Waals surface area (Å²) in [6, 6.07) is 5.51. The molecule has 96 valence electrons. The van der Waals surface area contributed by atoms with Gasteiger partial charge < -0.3 is 9.13 Å². The zero-order chi connectivity index (χ0) is 13.4. The van der Waals surface area contributed by atoms with Crippen LogP contribution in [0.15, 0.2) is 54.0 Å². The SMILES string of the molecule is Cn1cc(-c2cn(C)c(=O)cc2-n2cccc2)cn1. The van der Waals surface area contributed by atoms with Gasteiger partial charge in [0.05, 0.1) is 11.9 Å². The Bertz CT molecular complexity index is 765. The van der Waals surface area contributed by atoms with Crippen molar-refractivity contribution >= 4 is 0 Å². The van der Waals surface area contributed by atoms with Crippen LogP contribution in [0.25, 0.3) is 16.8 Å². The summed E-state index contributed by atoms with van der Waals surface area (Å²) in [4.78, 5) is 11.9. The van der Waals surface area contributed by atoms with Gasteiger partial charge in [0.25, 0.3) is 5.56 Å². The first-order valence-corrected chi connectivity index (χ1v) is 5.98. The maximum absolute atomic E-state index is 11.9. The quantitative estimate of drug-likeness (QED) is 0.697. The Morgan fingerprint density at radius 2 is 1.84 bits per heavy atom. The number of pyridine rings is 1. The number of hydrogen-bond acceptors (Lipinski definition) is 2. The van der Waals surface area contributed by atoms with Crippen LogP contribution in [0.1, 0.15) is 0 Å². The molecule has 3 heterocycles. The maximum atomic E-state index is 11.9. The molecule has 0 unspecified atom stereocenters. The number of aryl methyl sites for hydroxylation is 2. The lowest BCUT2D eigenvalue weighted by atomic mass is 10.1. The third kappa shape index (κ3) is 1.99. The molecule has 19 heavy (non-hydrogen) atoms. The van der Waals surface area contributed by atoms with Crippen LogP contribution in [0, 0.1) is 0 Å². The zero-order valence-electron chi connectivity index (χ0n) is 10.8. The van der Waals surface area contributed by atoms with Crippen LogP contribution in [-0.4, -0.2) is 18.9 Å². The predicted octanol–water partition coefficient (Wildman–Crippen LogP) is 1.58. The van der Waals surface area contributed by atoms with Crippen LogP contribution < -0.4 is 5.56 Å². The highest BCUT2D eigenvalue weighted by molar-refractivity contribution is 5.71. The molecule has 0 aliphatic heterocycles. The van der Waals surface area contributed by atoms with Crippen molar-refractivity contribution in [2.24, 2.45) is 14.1 Å². The molecule has 3 aromatic heterocycles. The van der Waals surface area contributed by atoms with E-state index >= 15 is 0 Å². The molecule has 3 rings (SSSR count). The van der Waals surface area contributed by atoms with E-state index in [1.807, 2.05) is 48.5 Å². The highest BCUT2D eigenvalue weighted by Crippen LogP contribution is 2.24. The second-order valence-electron chi connectivity index (χ2n) is 4.51. The fourth-order valence-corrected chi connectivity index (χ4v) is 2.11. The molecule has 3 aromatic rings. The molecule has 0 aliphatic carbocycles. The van der Waals surface area contributed by atoms with Crippen molar-refractivity contribution in [3.8, 4) is 16.8 Å². The van der Waals surface area contributed by atoms with E-state index < -0.39 is 0 Å². The van der Waals surface area contributed by atoms with Crippen LogP contribution in [0.3, 0.4) is 0 Å². The van der Waals surface area contributed by atoms with Gasteiger partial charge in [0.15, 0.2) is 0 Å². The molecule has 0 amide bonds. The van der Waals surface area contributed by atoms with Gasteiger partial charge >= 0.3 is 0 Å². The second kappa shape index (κ2) is 4.28. The monoisotopic (exact) mass is 254 g/mol. The van der Waals surface area contributed by atoms with Gasteiger partial charge in [-0.2, -0.15) is 5.10 Å². The predicted molar refractivity (Wildman–Crippen MR) is 73.2 cm³/mol. The molecule has 0 fully saturated rings. The van der Waals surface area contributed by atoms with Crippen LogP contribution in [0.2, 0.25) is 0 Å². The minimum absolute atomic E-state index is 0.0312. The summed E-state index contributed by atoms with van der Waals surface area (Å²) < 4.78 is 5.26. The van der Waals surface area contributed by atoms with E-state index in [4.69, 9.17) is 0 Å². The average Bonchev–Trinajstić information content (AvgIpc) is 3.03. The number of rotatable bonds is 2. The van der Waals surface area contributed by atoms with Gasteiger partial charge in [-0.25, -0.2) is 0 Å². The first-order valence-electron chi connectivity index (χ1n) is 5.98. The first-order chi connectivity index (χ1) is 9.15. The molecule has 0 aliphatic rings. The lowest BCUT2D eigenvalue weighted by Gasteiger charge is -2.10. The van der Waals surface area contributed by atoms with Crippen molar-refractivity contribution in [1.29, 1.82) is 0 Å².